The summed E-state index contributed by atoms with van der Waals surface area (Å²) >= 11 is 0. The molecule has 3 N–H and O–H groups in total. The lowest BCUT2D eigenvalue weighted by molar-refractivity contribution is -0.148. The molecule has 1 heterocycles. The molecule has 76 valence electrons. The number of hydrogen-bond acceptors (Lipinski definition) is 4. The lowest BCUT2D eigenvalue weighted by Crippen LogP contribution is -2.50. The van der Waals surface area contributed by atoms with Gasteiger partial charge in [0, 0.05) is 0 Å². The minimum Gasteiger partial charge on any atom is -0.292 e. The molecule has 3 unspecified atom stereocenters. The summed E-state index contributed by atoms with van der Waals surface area (Å²) in [4.78, 5) is 35.2. The van der Waals surface area contributed by atoms with Gasteiger partial charge in [-0.3, -0.25) is 24.7 Å². The molecule has 3 amide bonds. The van der Waals surface area contributed by atoms with Crippen LogP contribution in [0.2, 0.25) is 0 Å². The normalized spacial score (nSPS) is 31.4. The Hall–Kier alpha value is -1.43. The van der Waals surface area contributed by atoms with Gasteiger partial charge in [-0.05, 0) is 13.3 Å². The van der Waals surface area contributed by atoms with Crippen molar-refractivity contribution in [3.63, 3.8) is 0 Å². The highest BCUT2D eigenvalue weighted by Crippen LogP contribution is 2.47. The average Bonchev–Trinajstić information content (AvgIpc) is 2.91. The molecule has 0 radical (unpaired) electrons. The number of amides is 3. The minimum absolute atomic E-state index is 0.171. The average molecular weight is 197 g/mol. The first-order valence-electron chi connectivity index (χ1n) is 4.45. The number of carbonyl (C=O) groups is 3. The van der Waals surface area contributed by atoms with E-state index in [-0.39, 0.29) is 23.7 Å². The van der Waals surface area contributed by atoms with Crippen molar-refractivity contribution < 1.29 is 14.4 Å². The number of hydrazine groups is 1. The molecule has 0 bridgehead atoms. The Bertz CT molecular complexity index is 308. The van der Waals surface area contributed by atoms with Gasteiger partial charge in [-0.25, -0.2) is 5.84 Å². The van der Waals surface area contributed by atoms with Crippen molar-refractivity contribution in [2.75, 3.05) is 0 Å². The summed E-state index contributed by atoms with van der Waals surface area (Å²) in [6, 6.07) is -0.798. The van der Waals surface area contributed by atoms with Gasteiger partial charge in [-0.2, -0.15) is 0 Å². The van der Waals surface area contributed by atoms with Crippen LogP contribution >= 0.6 is 0 Å². The van der Waals surface area contributed by atoms with E-state index in [1.807, 2.05) is 5.43 Å². The van der Waals surface area contributed by atoms with Crippen LogP contribution in [0.5, 0.6) is 0 Å². The van der Waals surface area contributed by atoms with Crippen LogP contribution in [0.25, 0.3) is 0 Å². The summed E-state index contributed by atoms with van der Waals surface area (Å²) < 4.78 is 0. The molecule has 0 aromatic heterocycles. The molecule has 1 saturated carbocycles. The fraction of sp³-hybridized carbons (Fsp3) is 0.625. The zero-order chi connectivity index (χ0) is 10.5. The van der Waals surface area contributed by atoms with Crippen molar-refractivity contribution in [3.05, 3.63) is 0 Å². The van der Waals surface area contributed by atoms with E-state index in [0.717, 1.165) is 4.90 Å². The summed E-state index contributed by atoms with van der Waals surface area (Å²) in [6.45, 7) is 1.49. The molecule has 6 heteroatoms. The second-order valence-corrected chi connectivity index (χ2v) is 3.68. The van der Waals surface area contributed by atoms with Crippen molar-refractivity contribution in [2.45, 2.75) is 19.4 Å². The van der Waals surface area contributed by atoms with E-state index in [1.54, 1.807) is 0 Å². The summed E-state index contributed by atoms with van der Waals surface area (Å²) in [5, 5.41) is 0. The molecule has 0 aromatic carbocycles. The Morgan fingerprint density at radius 3 is 2.43 bits per heavy atom. The van der Waals surface area contributed by atoms with E-state index < -0.39 is 11.9 Å². The lowest BCUT2D eigenvalue weighted by Gasteiger charge is -2.22. The van der Waals surface area contributed by atoms with Gasteiger partial charge in [0.25, 0.3) is 5.91 Å². The first-order valence-corrected chi connectivity index (χ1v) is 4.45. The number of nitrogens with one attached hydrogen (secondary N) is 1. The lowest BCUT2D eigenvalue weighted by atomic mass is 10.2. The van der Waals surface area contributed by atoms with Gasteiger partial charge in [0.2, 0.25) is 11.8 Å². The molecule has 0 aromatic rings. The molecule has 1 aliphatic carbocycles. The molecule has 6 nitrogen and oxygen atoms in total. The standard InChI is InChI=1S/C8H11N3O3/c1-3(6(12)10-9)11-7(13)4-2-5(4)8(11)14/h3-5H,2,9H2,1H3,(H,10,12). The van der Waals surface area contributed by atoms with Gasteiger partial charge >= 0.3 is 0 Å². The first-order chi connectivity index (χ1) is 6.57. The summed E-state index contributed by atoms with van der Waals surface area (Å²) in [5.41, 5.74) is 1.93. The third-order valence-electron chi connectivity index (χ3n) is 2.81. The van der Waals surface area contributed by atoms with E-state index in [4.69, 9.17) is 5.84 Å². The predicted octanol–water partition coefficient (Wildman–Crippen LogP) is -1.63. The number of carbonyl (C=O) groups excluding carboxylic acids is 3. The highest BCUT2D eigenvalue weighted by Gasteiger charge is 2.60. The number of imide groups is 1. The first kappa shape index (κ1) is 9.14. The summed E-state index contributed by atoms with van der Waals surface area (Å²) in [7, 11) is 0. The minimum atomic E-state index is -0.798. The van der Waals surface area contributed by atoms with E-state index >= 15 is 0 Å². The van der Waals surface area contributed by atoms with Crippen LogP contribution in [-0.4, -0.2) is 28.7 Å². The smallest absolute Gasteiger partial charge is 0.256 e. The topological polar surface area (TPSA) is 92.5 Å². The Morgan fingerprint density at radius 2 is 2.00 bits per heavy atom. The van der Waals surface area contributed by atoms with E-state index in [1.165, 1.54) is 6.92 Å². The Kier molecular flexibility index (Phi) is 1.81. The van der Waals surface area contributed by atoms with Gasteiger partial charge in [-0.1, -0.05) is 0 Å². The number of piperidine rings is 1. The molecule has 1 aliphatic heterocycles. The van der Waals surface area contributed by atoms with Crippen LogP contribution in [-0.2, 0) is 14.4 Å². The maximum absolute atomic E-state index is 11.5. The Labute approximate surface area is 80.4 Å². The number of nitrogens with two attached hydrogens (primary N) is 1. The van der Waals surface area contributed by atoms with Gasteiger partial charge in [-0.15, -0.1) is 0 Å². The zero-order valence-corrected chi connectivity index (χ0v) is 7.69. The second kappa shape index (κ2) is 2.78. The van der Waals surface area contributed by atoms with Gasteiger partial charge in [0.1, 0.15) is 6.04 Å². The number of fused-ring (bicyclic) bond motifs is 1. The highest BCUT2D eigenvalue weighted by atomic mass is 16.2. The zero-order valence-electron chi connectivity index (χ0n) is 7.69. The van der Waals surface area contributed by atoms with Crippen molar-refractivity contribution in [3.8, 4) is 0 Å². The van der Waals surface area contributed by atoms with Crippen LogP contribution in [0.4, 0.5) is 0 Å². The molecular weight excluding hydrogens is 186 g/mol. The van der Waals surface area contributed by atoms with Crippen molar-refractivity contribution in [2.24, 2.45) is 17.7 Å². The van der Waals surface area contributed by atoms with Crippen LogP contribution in [0.1, 0.15) is 13.3 Å². The SMILES string of the molecule is CC(C(=O)NN)N1C(=O)C2CC2C1=O. The number of hydrogen-bond donors (Lipinski definition) is 2. The summed E-state index contributed by atoms with van der Waals surface area (Å²) in [6.07, 6.45) is 0.644. The fourth-order valence-corrected chi connectivity index (χ4v) is 1.83. The molecule has 1 saturated heterocycles. The van der Waals surface area contributed by atoms with Crippen LogP contribution < -0.4 is 11.3 Å². The van der Waals surface area contributed by atoms with Crippen LogP contribution in [0.3, 0.4) is 0 Å². The van der Waals surface area contributed by atoms with E-state index in [0.29, 0.717) is 6.42 Å². The predicted molar refractivity (Wildman–Crippen MR) is 45.2 cm³/mol. The summed E-state index contributed by atoms with van der Waals surface area (Å²) in [5.74, 6) is 3.59. The molecule has 2 fully saturated rings. The van der Waals surface area contributed by atoms with Crippen LogP contribution in [0, 0.1) is 11.8 Å². The maximum Gasteiger partial charge on any atom is 0.256 e. The monoisotopic (exact) mass is 197 g/mol. The molecule has 14 heavy (non-hydrogen) atoms. The largest absolute Gasteiger partial charge is 0.292 e. The number of likely N-dealkylation sites (tertiary alicyclic amines) is 1. The number of rotatable bonds is 2. The van der Waals surface area contributed by atoms with Crippen molar-refractivity contribution >= 4 is 17.7 Å². The maximum atomic E-state index is 11.5. The third kappa shape index (κ3) is 1.04. The molecule has 3 atom stereocenters. The number of nitrogens with zero attached hydrogens (tertiary/aromatic N) is 1. The molecular formula is C8H11N3O3. The third-order valence-corrected chi connectivity index (χ3v) is 2.81. The molecule has 0 spiro atoms. The second-order valence-electron chi connectivity index (χ2n) is 3.68. The Morgan fingerprint density at radius 1 is 1.50 bits per heavy atom. The highest BCUT2D eigenvalue weighted by molar-refractivity contribution is 6.11. The molecule has 2 rings (SSSR count). The van der Waals surface area contributed by atoms with Crippen LogP contribution in [0.15, 0.2) is 0 Å². The van der Waals surface area contributed by atoms with Gasteiger partial charge in [0.15, 0.2) is 0 Å². The Balaban J connectivity index is 2.15. The van der Waals surface area contributed by atoms with Gasteiger partial charge < -0.3 is 0 Å². The molecule has 2 aliphatic rings. The van der Waals surface area contributed by atoms with E-state index in [9.17, 15) is 14.4 Å². The quantitative estimate of drug-likeness (QED) is 0.240. The van der Waals surface area contributed by atoms with Crippen molar-refractivity contribution in [1.82, 2.24) is 10.3 Å². The van der Waals surface area contributed by atoms with E-state index in [2.05, 4.69) is 0 Å². The fourth-order valence-electron chi connectivity index (χ4n) is 1.83. The van der Waals surface area contributed by atoms with Crippen molar-refractivity contribution in [1.29, 1.82) is 0 Å². The van der Waals surface area contributed by atoms with Gasteiger partial charge in [0.05, 0.1) is 11.8 Å².